The summed E-state index contributed by atoms with van der Waals surface area (Å²) in [6, 6.07) is 133. The fourth-order valence-electron chi connectivity index (χ4n) is 15.5. The monoisotopic (exact) mass is 1500 g/mol. The summed E-state index contributed by atoms with van der Waals surface area (Å²) in [5.74, 6) is 0. The Balaban J connectivity index is 0.000000119. The van der Waals surface area contributed by atoms with E-state index < -0.39 is 0 Å². The molecule has 0 fully saturated rings. The van der Waals surface area contributed by atoms with Crippen molar-refractivity contribution in [1.82, 2.24) is 9.55 Å². The van der Waals surface area contributed by atoms with E-state index in [4.69, 9.17) is 0 Å². The lowest BCUT2D eigenvalue weighted by atomic mass is 9.93. The van der Waals surface area contributed by atoms with Gasteiger partial charge in [0.15, 0.2) is 0 Å². The smallest absolute Gasteiger partial charge is 0.0535 e. The molecular formula is C100H63BrN2S4. The molecule has 0 bridgehead atoms. The molecule has 2 nitrogen and oxygen atoms in total. The van der Waals surface area contributed by atoms with Gasteiger partial charge in [-0.05, 0) is 222 Å². The van der Waals surface area contributed by atoms with Gasteiger partial charge in [0, 0.05) is 120 Å². The Hall–Kier alpha value is -12.0. The van der Waals surface area contributed by atoms with Gasteiger partial charge in [0.05, 0.1) is 5.52 Å². The molecule has 0 unspecified atom stereocenters. The lowest BCUT2D eigenvalue weighted by molar-refractivity contribution is 1.13. The molecule has 22 aromatic rings. The van der Waals surface area contributed by atoms with Crippen LogP contribution in [0, 0.1) is 0 Å². The van der Waals surface area contributed by atoms with Gasteiger partial charge in [0.1, 0.15) is 0 Å². The van der Waals surface area contributed by atoms with Crippen LogP contribution in [-0.4, -0.2) is 9.55 Å². The topological polar surface area (TPSA) is 20.7 Å². The van der Waals surface area contributed by atoms with Crippen LogP contribution >= 0.6 is 61.3 Å². The Kier molecular flexibility index (Phi) is 16.6. The molecular weight excluding hydrogens is 1440 g/mol. The second kappa shape index (κ2) is 27.5. The van der Waals surface area contributed by atoms with Crippen molar-refractivity contribution in [3.05, 3.63) is 381 Å². The van der Waals surface area contributed by atoms with Crippen molar-refractivity contribution < 1.29 is 0 Å². The van der Waals surface area contributed by atoms with Gasteiger partial charge in [-0.2, -0.15) is 0 Å². The maximum absolute atomic E-state index is 3.50. The molecule has 0 atom stereocenters. The molecule has 0 saturated heterocycles. The Morgan fingerprint density at radius 2 is 0.617 bits per heavy atom. The van der Waals surface area contributed by atoms with Gasteiger partial charge in [0.25, 0.3) is 0 Å². The van der Waals surface area contributed by atoms with Crippen molar-refractivity contribution >= 4 is 164 Å². The van der Waals surface area contributed by atoms with E-state index in [9.17, 15) is 0 Å². The van der Waals surface area contributed by atoms with E-state index in [1.807, 2.05) is 51.5 Å². The summed E-state index contributed by atoms with van der Waals surface area (Å²) < 4.78 is 14.2. The minimum atomic E-state index is 1.12. The number of nitrogens with one attached hydrogen (secondary N) is 1. The average Bonchev–Trinajstić information content (AvgIpc) is 1.62. The SMILES string of the molecule is Brc1ccc(-c2cccc3c2sc2ccccc23)cc1.c1ccc(-c2cc(-c3ccccc3)cc(-c3ccc4sc5cc6cc[nH]c6cc5c4c3)c2)cc1.c1ccc(-c2cc(-c3ccccc3)cc(-c3ccc4sc5cc6ccn(-c7ccc(-c8cccc9c8sc8ccccc89)cc7)c6cc5c4c3)c2)cc1. The Morgan fingerprint density at radius 1 is 0.234 bits per heavy atom. The van der Waals surface area contributed by atoms with Crippen molar-refractivity contribution in [2.75, 3.05) is 0 Å². The van der Waals surface area contributed by atoms with Crippen molar-refractivity contribution in [3.63, 3.8) is 0 Å². The molecule has 16 aromatic carbocycles. The van der Waals surface area contributed by atoms with Gasteiger partial charge in [-0.25, -0.2) is 0 Å². The van der Waals surface area contributed by atoms with E-state index in [0.29, 0.717) is 0 Å². The molecule has 0 radical (unpaired) electrons. The molecule has 0 aliphatic rings. The number of halogens is 1. The Morgan fingerprint density at radius 3 is 1.09 bits per heavy atom. The first-order chi connectivity index (χ1) is 52.9. The zero-order valence-corrected chi connectivity index (χ0v) is 62.6. The highest BCUT2D eigenvalue weighted by molar-refractivity contribution is 9.10. The number of thiophene rings is 4. The van der Waals surface area contributed by atoms with Crippen LogP contribution in [0.2, 0.25) is 0 Å². The van der Waals surface area contributed by atoms with E-state index in [1.165, 1.54) is 192 Å². The largest absolute Gasteiger partial charge is 0.361 e. The van der Waals surface area contributed by atoms with Gasteiger partial charge >= 0.3 is 0 Å². The number of rotatable bonds is 9. The van der Waals surface area contributed by atoms with Gasteiger partial charge in [-0.15, -0.1) is 45.3 Å². The van der Waals surface area contributed by atoms with Crippen LogP contribution in [0.4, 0.5) is 0 Å². The third kappa shape index (κ3) is 12.2. The summed E-state index contributed by atoms with van der Waals surface area (Å²) in [5.41, 5.74) is 23.5. The van der Waals surface area contributed by atoms with Crippen LogP contribution in [0.15, 0.2) is 381 Å². The first kappa shape index (κ1) is 64.6. The van der Waals surface area contributed by atoms with Gasteiger partial charge in [-0.3, -0.25) is 0 Å². The molecule has 0 amide bonds. The van der Waals surface area contributed by atoms with E-state index >= 15 is 0 Å². The number of hydrogen-bond donors (Lipinski definition) is 1. The molecule has 0 aliphatic carbocycles. The van der Waals surface area contributed by atoms with E-state index in [2.05, 4.69) is 396 Å². The Labute approximate surface area is 643 Å². The number of fused-ring (bicyclic) bond motifs is 14. The predicted molar refractivity (Wildman–Crippen MR) is 471 cm³/mol. The van der Waals surface area contributed by atoms with Crippen molar-refractivity contribution in [2.45, 2.75) is 0 Å². The molecule has 22 rings (SSSR count). The first-order valence-corrected chi connectivity index (χ1v) is 40.0. The van der Waals surface area contributed by atoms with Crippen molar-refractivity contribution in [2.24, 2.45) is 0 Å². The number of hydrogen-bond acceptors (Lipinski definition) is 4. The fraction of sp³-hybridized carbons (Fsp3) is 0. The summed E-state index contributed by atoms with van der Waals surface area (Å²) in [6.07, 6.45) is 4.23. The summed E-state index contributed by atoms with van der Waals surface area (Å²) >= 11 is 11.0. The van der Waals surface area contributed by atoms with E-state index in [0.717, 1.165) is 10.2 Å². The average molecular weight is 1500 g/mol. The molecule has 0 aliphatic heterocycles. The predicted octanol–water partition coefficient (Wildman–Crippen LogP) is 31.1. The maximum Gasteiger partial charge on any atom is 0.0535 e. The molecule has 0 spiro atoms. The van der Waals surface area contributed by atoms with Gasteiger partial charge in [0.2, 0.25) is 0 Å². The highest BCUT2D eigenvalue weighted by Gasteiger charge is 2.18. The van der Waals surface area contributed by atoms with E-state index in [-0.39, 0.29) is 0 Å². The van der Waals surface area contributed by atoms with Crippen molar-refractivity contribution in [1.29, 1.82) is 0 Å². The lowest BCUT2D eigenvalue weighted by Gasteiger charge is -2.12. The highest BCUT2D eigenvalue weighted by Crippen LogP contribution is 2.46. The zero-order chi connectivity index (χ0) is 70.9. The normalized spacial score (nSPS) is 11.6. The molecule has 107 heavy (non-hydrogen) atoms. The van der Waals surface area contributed by atoms with E-state index in [1.54, 1.807) is 0 Å². The highest BCUT2D eigenvalue weighted by atomic mass is 79.9. The summed E-state index contributed by atoms with van der Waals surface area (Å²) in [6.45, 7) is 0. The lowest BCUT2D eigenvalue weighted by Crippen LogP contribution is -1.91. The molecule has 7 heteroatoms. The van der Waals surface area contributed by atoms with Crippen LogP contribution in [0.25, 0.3) is 197 Å². The van der Waals surface area contributed by atoms with Crippen LogP contribution in [0.3, 0.4) is 0 Å². The number of nitrogens with zero attached hydrogens (tertiary/aromatic N) is 1. The fourth-order valence-corrected chi connectivity index (χ4v) is 20.4. The second-order valence-electron chi connectivity index (χ2n) is 27.3. The Bertz CT molecular complexity index is 6990. The van der Waals surface area contributed by atoms with Crippen LogP contribution < -0.4 is 0 Å². The standard InChI is InChI=1S/C50H31NS2.C32H21NS.C18H11BrS/c1-3-10-32(11-4-1)37-26-38(33-12-5-2-6-13-33)28-39(27-37)35-20-23-48-44(29-35)45-31-46-36(30-49(45)52-48)24-25-51(46)40-21-18-34(19-22-40)41-15-9-16-43-42-14-7-8-17-47(42)53-50(41)43;1-3-7-21(8-4-1)25-15-26(22-9-5-2-6-10-22)17-27(16-25)23-11-12-31-28(18-23)29-20-30-24(13-14-33-30)19-32(29)34-31;19-13-10-8-12(9-11-13)14-5-3-6-16-15-4-1-2-7-17(15)20-18(14)16/h1-31H;1-20,33H;1-11H. The summed E-state index contributed by atoms with van der Waals surface area (Å²) in [5, 5.41) is 13.1. The summed E-state index contributed by atoms with van der Waals surface area (Å²) in [4.78, 5) is 3.37. The second-order valence-corrected chi connectivity index (χ2v) is 32.5. The van der Waals surface area contributed by atoms with Crippen molar-refractivity contribution in [3.8, 4) is 94.7 Å². The van der Waals surface area contributed by atoms with Crippen LogP contribution in [-0.2, 0) is 0 Å². The quantitative estimate of drug-likeness (QED) is 0.149. The summed E-state index contributed by atoms with van der Waals surface area (Å²) in [7, 11) is 0. The molecule has 1 N–H and O–H groups in total. The maximum atomic E-state index is 3.50. The molecule has 504 valence electrons. The van der Waals surface area contributed by atoms with Crippen LogP contribution in [0.5, 0.6) is 0 Å². The third-order valence-corrected chi connectivity index (χ3v) is 26.0. The molecule has 0 saturated carbocycles. The zero-order valence-electron chi connectivity index (χ0n) is 57.8. The molecule has 6 aromatic heterocycles. The number of H-pyrrole nitrogens is 1. The van der Waals surface area contributed by atoms with Crippen LogP contribution in [0.1, 0.15) is 0 Å². The van der Waals surface area contributed by atoms with Gasteiger partial charge in [-0.1, -0.05) is 246 Å². The van der Waals surface area contributed by atoms with Gasteiger partial charge < -0.3 is 9.55 Å². The minimum absolute atomic E-state index is 1.12. The minimum Gasteiger partial charge on any atom is -0.361 e. The third-order valence-electron chi connectivity index (χ3n) is 20.8. The first-order valence-electron chi connectivity index (χ1n) is 36.0. The number of aromatic nitrogens is 2. The number of benzene rings is 16. The number of aromatic amines is 1. The molecule has 6 heterocycles.